The number of sulfonamides is 1. The van der Waals surface area contributed by atoms with Crippen molar-refractivity contribution in [3.63, 3.8) is 0 Å². The van der Waals surface area contributed by atoms with E-state index >= 15 is 0 Å². The van der Waals surface area contributed by atoms with E-state index in [0.717, 1.165) is 9.87 Å². The first-order valence-electron chi connectivity index (χ1n) is 7.45. The quantitative estimate of drug-likeness (QED) is 0.684. The van der Waals surface area contributed by atoms with Crippen LogP contribution in [0, 0.1) is 6.92 Å². The third-order valence-electron chi connectivity index (χ3n) is 3.37. The van der Waals surface area contributed by atoms with Crippen molar-refractivity contribution in [3.8, 4) is 0 Å². The molecule has 0 spiro atoms. The average molecular weight is 402 g/mol. The maximum atomic E-state index is 13.0. The number of rotatable bonds is 6. The molecule has 8 heteroatoms. The molecule has 0 aliphatic carbocycles. The highest BCUT2D eigenvalue weighted by atomic mass is 35.5. The van der Waals surface area contributed by atoms with E-state index in [1.807, 2.05) is 6.92 Å². The molecular weight excluding hydrogens is 385 g/mol. The predicted octanol–water partition coefficient (Wildman–Crippen LogP) is 4.06. The predicted molar refractivity (Wildman–Crippen MR) is 98.8 cm³/mol. The highest BCUT2D eigenvalue weighted by Crippen LogP contribution is 2.32. The van der Waals surface area contributed by atoms with Gasteiger partial charge in [-0.1, -0.05) is 40.9 Å². The molecule has 25 heavy (non-hydrogen) atoms. The van der Waals surface area contributed by atoms with Crippen molar-refractivity contribution in [3.05, 3.63) is 58.1 Å². The Balaban J connectivity index is 2.53. The zero-order valence-electron chi connectivity index (χ0n) is 13.7. The Bertz CT molecular complexity index is 867. The van der Waals surface area contributed by atoms with Crippen LogP contribution < -0.4 is 4.31 Å². The van der Waals surface area contributed by atoms with Gasteiger partial charge in [0.1, 0.15) is 6.54 Å². The zero-order chi connectivity index (χ0) is 18.6. The fourth-order valence-electron chi connectivity index (χ4n) is 2.14. The molecule has 0 amide bonds. The Morgan fingerprint density at radius 3 is 2.32 bits per heavy atom. The van der Waals surface area contributed by atoms with Crippen molar-refractivity contribution in [1.29, 1.82) is 0 Å². The Labute approximate surface area is 157 Å². The Morgan fingerprint density at radius 1 is 1.12 bits per heavy atom. The Hall–Kier alpha value is -1.76. The second-order valence-corrected chi connectivity index (χ2v) is 7.93. The first kappa shape index (κ1) is 19.6. The van der Waals surface area contributed by atoms with Crippen molar-refractivity contribution in [2.45, 2.75) is 18.7 Å². The number of esters is 1. The summed E-state index contributed by atoms with van der Waals surface area (Å²) in [5, 5.41) is 0.477. The highest BCUT2D eigenvalue weighted by molar-refractivity contribution is 7.92. The lowest BCUT2D eigenvalue weighted by Gasteiger charge is -2.24. The minimum absolute atomic E-state index is 0.0495. The van der Waals surface area contributed by atoms with Crippen LogP contribution in [0.3, 0.4) is 0 Å². The monoisotopic (exact) mass is 401 g/mol. The smallest absolute Gasteiger partial charge is 0.326 e. The van der Waals surface area contributed by atoms with Gasteiger partial charge in [-0.3, -0.25) is 9.10 Å². The lowest BCUT2D eigenvalue weighted by molar-refractivity contribution is -0.141. The van der Waals surface area contributed by atoms with Gasteiger partial charge >= 0.3 is 5.97 Å². The van der Waals surface area contributed by atoms with Gasteiger partial charge in [-0.05, 0) is 44.2 Å². The van der Waals surface area contributed by atoms with Gasteiger partial charge in [0.15, 0.2) is 0 Å². The highest BCUT2D eigenvalue weighted by Gasteiger charge is 2.29. The number of aryl methyl sites for hydroxylation is 1. The number of halogens is 2. The summed E-state index contributed by atoms with van der Waals surface area (Å²) in [5.74, 6) is -0.677. The summed E-state index contributed by atoms with van der Waals surface area (Å²) in [6.07, 6.45) is 0. The van der Waals surface area contributed by atoms with E-state index in [9.17, 15) is 13.2 Å². The van der Waals surface area contributed by atoms with Gasteiger partial charge in [-0.25, -0.2) is 8.42 Å². The number of hydrogen-bond acceptors (Lipinski definition) is 4. The first-order valence-corrected chi connectivity index (χ1v) is 9.65. The molecule has 0 aromatic heterocycles. The summed E-state index contributed by atoms with van der Waals surface area (Å²) in [6.45, 7) is 3.14. The average Bonchev–Trinajstić information content (AvgIpc) is 2.54. The lowest BCUT2D eigenvalue weighted by atomic mass is 10.2. The standard InChI is InChI=1S/C17H17Cl2NO4S/c1-3-24-17(21)11-20(16-9-6-13(18)10-15(16)19)25(22,23)14-7-4-12(2)5-8-14/h4-10H,3,11H2,1-2H3. The molecule has 2 rings (SSSR count). The molecule has 0 bridgehead atoms. The first-order chi connectivity index (χ1) is 11.8. The van der Waals surface area contributed by atoms with Crippen molar-refractivity contribution < 1.29 is 17.9 Å². The maximum absolute atomic E-state index is 13.0. The molecule has 2 aromatic carbocycles. The van der Waals surface area contributed by atoms with Gasteiger partial charge in [-0.15, -0.1) is 0 Å². The van der Waals surface area contributed by atoms with Crippen molar-refractivity contribution in [1.82, 2.24) is 0 Å². The van der Waals surface area contributed by atoms with Gasteiger partial charge in [0.2, 0.25) is 0 Å². The molecule has 0 heterocycles. The molecule has 134 valence electrons. The Kier molecular flexibility index (Phi) is 6.32. The third-order valence-corrected chi connectivity index (χ3v) is 5.68. The van der Waals surface area contributed by atoms with Crippen LogP contribution >= 0.6 is 23.2 Å². The van der Waals surface area contributed by atoms with Crippen LogP contribution in [0.5, 0.6) is 0 Å². The van der Waals surface area contributed by atoms with Gasteiger partial charge in [0, 0.05) is 5.02 Å². The maximum Gasteiger partial charge on any atom is 0.326 e. The van der Waals surface area contributed by atoms with Gasteiger partial charge in [-0.2, -0.15) is 0 Å². The molecular formula is C17H17Cl2NO4S. The second kappa shape index (κ2) is 8.08. The van der Waals surface area contributed by atoms with Gasteiger partial charge < -0.3 is 4.74 Å². The SMILES string of the molecule is CCOC(=O)CN(c1ccc(Cl)cc1Cl)S(=O)(=O)c1ccc(C)cc1. The van der Waals surface area contributed by atoms with Crippen LogP contribution in [0.4, 0.5) is 5.69 Å². The topological polar surface area (TPSA) is 63.7 Å². The molecule has 5 nitrogen and oxygen atoms in total. The van der Waals surface area contributed by atoms with Crippen LogP contribution in [-0.4, -0.2) is 27.5 Å². The number of carbonyl (C=O) groups excluding carboxylic acids is 1. The minimum atomic E-state index is -4.01. The summed E-state index contributed by atoms with van der Waals surface area (Å²) < 4.78 is 31.9. The minimum Gasteiger partial charge on any atom is -0.465 e. The normalized spacial score (nSPS) is 11.2. The summed E-state index contributed by atoms with van der Waals surface area (Å²) in [4.78, 5) is 12.0. The van der Waals surface area contributed by atoms with E-state index < -0.39 is 22.5 Å². The van der Waals surface area contributed by atoms with E-state index in [2.05, 4.69) is 0 Å². The zero-order valence-corrected chi connectivity index (χ0v) is 16.0. The summed E-state index contributed by atoms with van der Waals surface area (Å²) in [5.41, 5.74) is 1.07. The molecule has 0 saturated heterocycles. The fraction of sp³-hybridized carbons (Fsp3) is 0.235. The lowest BCUT2D eigenvalue weighted by Crippen LogP contribution is -2.36. The van der Waals surface area contributed by atoms with Crippen LogP contribution in [0.2, 0.25) is 10.0 Å². The number of nitrogens with zero attached hydrogens (tertiary/aromatic N) is 1. The summed E-state index contributed by atoms with van der Waals surface area (Å²) in [6, 6.07) is 10.7. The largest absolute Gasteiger partial charge is 0.465 e. The number of benzene rings is 2. The van der Waals surface area contributed by atoms with E-state index in [1.54, 1.807) is 19.1 Å². The molecule has 0 radical (unpaired) electrons. The molecule has 0 aliphatic rings. The fourth-order valence-corrected chi connectivity index (χ4v) is 4.13. The van der Waals surface area contributed by atoms with E-state index in [-0.39, 0.29) is 22.2 Å². The van der Waals surface area contributed by atoms with E-state index in [1.165, 1.54) is 30.3 Å². The molecule has 2 aromatic rings. The van der Waals surface area contributed by atoms with Crippen LogP contribution in [0.25, 0.3) is 0 Å². The third kappa shape index (κ3) is 4.66. The van der Waals surface area contributed by atoms with E-state index in [4.69, 9.17) is 27.9 Å². The van der Waals surface area contributed by atoms with Crippen molar-refractivity contribution in [2.75, 3.05) is 17.5 Å². The van der Waals surface area contributed by atoms with Gasteiger partial charge in [0.25, 0.3) is 10.0 Å². The molecule has 0 unspecified atom stereocenters. The number of carbonyl (C=O) groups is 1. The number of hydrogen-bond donors (Lipinski definition) is 0. The molecule has 0 saturated carbocycles. The molecule has 0 fully saturated rings. The molecule has 0 aliphatic heterocycles. The number of ether oxygens (including phenoxy) is 1. The van der Waals surface area contributed by atoms with Crippen LogP contribution in [0.15, 0.2) is 47.4 Å². The molecule has 0 atom stereocenters. The molecule has 0 N–H and O–H groups in total. The van der Waals surface area contributed by atoms with Crippen LogP contribution in [-0.2, 0) is 19.6 Å². The number of anilines is 1. The van der Waals surface area contributed by atoms with E-state index in [0.29, 0.717) is 5.02 Å². The summed E-state index contributed by atoms with van der Waals surface area (Å²) in [7, 11) is -4.01. The Morgan fingerprint density at radius 2 is 1.76 bits per heavy atom. The van der Waals surface area contributed by atoms with Crippen LogP contribution in [0.1, 0.15) is 12.5 Å². The second-order valence-electron chi connectivity index (χ2n) is 5.23. The summed E-state index contributed by atoms with van der Waals surface area (Å²) >= 11 is 12.0. The van der Waals surface area contributed by atoms with Crippen molar-refractivity contribution >= 4 is 44.9 Å². The van der Waals surface area contributed by atoms with Crippen molar-refractivity contribution in [2.24, 2.45) is 0 Å². The van der Waals surface area contributed by atoms with Gasteiger partial charge in [0.05, 0.1) is 22.2 Å².